The molecule has 100 valence electrons. The zero-order valence-corrected chi connectivity index (χ0v) is 11.0. The largest absolute Gasteiger partial charge is 0.330 e. The molecule has 0 aromatic heterocycles. The fourth-order valence-electron chi connectivity index (χ4n) is 3.69. The molecule has 0 bridgehead atoms. The van der Waals surface area contributed by atoms with Crippen molar-refractivity contribution in [3.05, 3.63) is 0 Å². The Bertz CT molecular complexity index is 198. The second-order valence-corrected chi connectivity index (χ2v) is 5.94. The van der Waals surface area contributed by atoms with Crippen molar-refractivity contribution in [2.45, 2.75) is 63.5 Å². The number of nitrogens with one attached hydrogen (secondary N) is 1. The molecule has 0 saturated heterocycles. The Kier molecular flexibility index (Phi) is 5.26. The van der Waals surface area contributed by atoms with Gasteiger partial charge in [-0.2, -0.15) is 0 Å². The van der Waals surface area contributed by atoms with E-state index in [0.29, 0.717) is 23.9 Å². The lowest BCUT2D eigenvalue weighted by molar-refractivity contribution is 0.190. The first-order chi connectivity index (χ1) is 8.35. The molecule has 2 aliphatic carbocycles. The minimum Gasteiger partial charge on any atom is -0.330 e. The SMILES string of the molecule is NCC1CCCCC1N[C@@H]1CCCC[C@@H]1CN. The standard InChI is InChI=1S/C14H29N3/c15-9-11-5-1-3-7-13(11)17-14-8-4-2-6-12(14)10-16/h11-14,17H,1-10,15-16H2/t11-,12?,13-,14?/m1/s1. The van der Waals surface area contributed by atoms with Crippen LogP contribution in [0.2, 0.25) is 0 Å². The van der Waals surface area contributed by atoms with E-state index >= 15 is 0 Å². The minimum absolute atomic E-state index is 0.658. The van der Waals surface area contributed by atoms with Gasteiger partial charge in [-0.15, -0.1) is 0 Å². The maximum atomic E-state index is 5.90. The molecule has 5 N–H and O–H groups in total. The minimum atomic E-state index is 0.658. The molecule has 3 nitrogen and oxygen atoms in total. The summed E-state index contributed by atoms with van der Waals surface area (Å²) in [5, 5.41) is 3.90. The summed E-state index contributed by atoms with van der Waals surface area (Å²) in [5.41, 5.74) is 11.8. The summed E-state index contributed by atoms with van der Waals surface area (Å²) in [6.45, 7) is 1.69. The van der Waals surface area contributed by atoms with Crippen LogP contribution in [0.15, 0.2) is 0 Å². The van der Waals surface area contributed by atoms with E-state index in [1.54, 1.807) is 0 Å². The van der Waals surface area contributed by atoms with Crippen molar-refractivity contribution < 1.29 is 0 Å². The molecule has 2 unspecified atom stereocenters. The summed E-state index contributed by atoms with van der Waals surface area (Å²) < 4.78 is 0. The van der Waals surface area contributed by atoms with Crippen LogP contribution in [0.1, 0.15) is 51.4 Å². The van der Waals surface area contributed by atoms with Crippen molar-refractivity contribution >= 4 is 0 Å². The number of hydrogen-bond donors (Lipinski definition) is 3. The van der Waals surface area contributed by atoms with Gasteiger partial charge < -0.3 is 16.8 Å². The van der Waals surface area contributed by atoms with E-state index in [9.17, 15) is 0 Å². The van der Waals surface area contributed by atoms with E-state index in [1.807, 2.05) is 0 Å². The lowest BCUT2D eigenvalue weighted by Crippen LogP contribution is -2.51. The van der Waals surface area contributed by atoms with Crippen LogP contribution in [0, 0.1) is 11.8 Å². The number of nitrogens with two attached hydrogens (primary N) is 2. The van der Waals surface area contributed by atoms with Gasteiger partial charge in [-0.05, 0) is 50.6 Å². The molecule has 2 aliphatic rings. The smallest absolute Gasteiger partial charge is 0.0110 e. The lowest BCUT2D eigenvalue weighted by Gasteiger charge is -2.39. The first-order valence-corrected chi connectivity index (χ1v) is 7.51. The van der Waals surface area contributed by atoms with E-state index in [2.05, 4.69) is 5.32 Å². The molecule has 0 aromatic carbocycles. The van der Waals surface area contributed by atoms with Crippen molar-refractivity contribution in [1.29, 1.82) is 0 Å². The first kappa shape index (κ1) is 13.3. The van der Waals surface area contributed by atoms with Crippen molar-refractivity contribution in [1.82, 2.24) is 5.32 Å². The molecular formula is C14H29N3. The average Bonchev–Trinajstić information content (AvgIpc) is 2.40. The fraction of sp³-hybridized carbons (Fsp3) is 1.00. The molecular weight excluding hydrogens is 210 g/mol. The van der Waals surface area contributed by atoms with E-state index in [1.165, 1.54) is 51.4 Å². The van der Waals surface area contributed by atoms with Crippen LogP contribution in [-0.4, -0.2) is 25.2 Å². The van der Waals surface area contributed by atoms with Crippen molar-refractivity contribution in [2.75, 3.05) is 13.1 Å². The van der Waals surface area contributed by atoms with Crippen LogP contribution < -0.4 is 16.8 Å². The highest BCUT2D eigenvalue weighted by molar-refractivity contribution is 4.89. The average molecular weight is 239 g/mol. The Labute approximate surface area is 106 Å². The molecule has 0 heterocycles. The second kappa shape index (κ2) is 6.72. The molecule has 3 heteroatoms. The van der Waals surface area contributed by atoms with Gasteiger partial charge in [0, 0.05) is 12.1 Å². The topological polar surface area (TPSA) is 64.1 Å². The molecule has 0 aromatic rings. The molecule has 17 heavy (non-hydrogen) atoms. The molecule has 2 fully saturated rings. The fourth-order valence-corrected chi connectivity index (χ4v) is 3.69. The van der Waals surface area contributed by atoms with Gasteiger partial charge in [-0.1, -0.05) is 25.7 Å². The van der Waals surface area contributed by atoms with Gasteiger partial charge in [0.05, 0.1) is 0 Å². The van der Waals surface area contributed by atoms with Gasteiger partial charge in [-0.3, -0.25) is 0 Å². The van der Waals surface area contributed by atoms with Gasteiger partial charge in [0.15, 0.2) is 0 Å². The van der Waals surface area contributed by atoms with E-state index < -0.39 is 0 Å². The summed E-state index contributed by atoms with van der Waals surface area (Å²) in [6.07, 6.45) is 10.7. The van der Waals surface area contributed by atoms with E-state index in [4.69, 9.17) is 11.5 Å². The van der Waals surface area contributed by atoms with Crippen LogP contribution >= 0.6 is 0 Å². The third-order valence-electron chi connectivity index (χ3n) is 4.85. The molecule has 4 atom stereocenters. The Morgan fingerprint density at radius 2 is 1.12 bits per heavy atom. The summed E-state index contributed by atoms with van der Waals surface area (Å²) >= 11 is 0. The van der Waals surface area contributed by atoms with Crippen LogP contribution in [-0.2, 0) is 0 Å². The summed E-state index contributed by atoms with van der Waals surface area (Å²) in [5.74, 6) is 1.40. The zero-order chi connectivity index (χ0) is 12.1. The van der Waals surface area contributed by atoms with Crippen molar-refractivity contribution in [3.63, 3.8) is 0 Å². The maximum Gasteiger partial charge on any atom is 0.0110 e. The lowest BCUT2D eigenvalue weighted by atomic mass is 9.80. The van der Waals surface area contributed by atoms with Gasteiger partial charge in [0.2, 0.25) is 0 Å². The van der Waals surface area contributed by atoms with Crippen LogP contribution in [0.5, 0.6) is 0 Å². The van der Waals surface area contributed by atoms with Crippen LogP contribution in [0.25, 0.3) is 0 Å². The summed E-state index contributed by atoms with van der Waals surface area (Å²) in [7, 11) is 0. The quantitative estimate of drug-likeness (QED) is 0.698. The molecule has 0 aliphatic heterocycles. The third-order valence-corrected chi connectivity index (χ3v) is 4.85. The normalized spacial score (nSPS) is 39.2. The van der Waals surface area contributed by atoms with Crippen LogP contribution in [0.4, 0.5) is 0 Å². The molecule has 0 amide bonds. The molecule has 2 saturated carbocycles. The molecule has 0 spiro atoms. The van der Waals surface area contributed by atoms with Gasteiger partial charge in [0.1, 0.15) is 0 Å². The zero-order valence-electron chi connectivity index (χ0n) is 11.0. The monoisotopic (exact) mass is 239 g/mol. The number of rotatable bonds is 4. The Morgan fingerprint density at radius 1 is 0.706 bits per heavy atom. The highest BCUT2D eigenvalue weighted by atomic mass is 15.0. The predicted octanol–water partition coefficient (Wildman–Crippen LogP) is 1.61. The van der Waals surface area contributed by atoms with Crippen molar-refractivity contribution in [3.8, 4) is 0 Å². The van der Waals surface area contributed by atoms with E-state index in [0.717, 1.165) is 13.1 Å². The highest BCUT2D eigenvalue weighted by Crippen LogP contribution is 2.28. The van der Waals surface area contributed by atoms with Crippen molar-refractivity contribution in [2.24, 2.45) is 23.3 Å². The molecule has 0 radical (unpaired) electrons. The summed E-state index contributed by atoms with van der Waals surface area (Å²) in [4.78, 5) is 0. The first-order valence-electron chi connectivity index (χ1n) is 7.51. The Balaban J connectivity index is 1.88. The molecule has 2 rings (SSSR count). The number of hydrogen-bond acceptors (Lipinski definition) is 3. The van der Waals surface area contributed by atoms with Crippen LogP contribution in [0.3, 0.4) is 0 Å². The maximum absolute atomic E-state index is 5.90. The highest BCUT2D eigenvalue weighted by Gasteiger charge is 2.30. The third kappa shape index (κ3) is 3.43. The van der Waals surface area contributed by atoms with Gasteiger partial charge >= 0.3 is 0 Å². The summed E-state index contributed by atoms with van der Waals surface area (Å²) in [6, 6.07) is 1.32. The Morgan fingerprint density at radius 3 is 1.53 bits per heavy atom. The predicted molar refractivity (Wildman–Crippen MR) is 72.7 cm³/mol. The second-order valence-electron chi connectivity index (χ2n) is 5.94. The van der Waals surface area contributed by atoms with Gasteiger partial charge in [0.25, 0.3) is 0 Å². The van der Waals surface area contributed by atoms with Gasteiger partial charge in [-0.25, -0.2) is 0 Å². The Hall–Kier alpha value is -0.120. The van der Waals surface area contributed by atoms with E-state index in [-0.39, 0.29) is 0 Å².